The number of benzene rings is 2. The van der Waals surface area contributed by atoms with Gasteiger partial charge >= 0.3 is 0 Å². The minimum absolute atomic E-state index is 0.0889. The number of morpholine rings is 1. The van der Waals surface area contributed by atoms with Crippen molar-refractivity contribution in [2.45, 2.75) is 23.9 Å². The molecular weight excluding hydrogens is 422 g/mol. The lowest BCUT2D eigenvalue weighted by atomic mass is 10.1. The highest BCUT2D eigenvalue weighted by atomic mass is 32.2. The topological polar surface area (TPSA) is 59.4 Å². The number of carbonyl (C=O) groups excluding carboxylic acids is 1. The lowest BCUT2D eigenvalue weighted by Crippen LogP contribution is -2.37. The van der Waals surface area contributed by atoms with E-state index in [1.54, 1.807) is 24.3 Å². The van der Waals surface area contributed by atoms with E-state index in [-0.39, 0.29) is 17.6 Å². The van der Waals surface area contributed by atoms with Crippen molar-refractivity contribution in [2.24, 2.45) is 0 Å². The zero-order valence-electron chi connectivity index (χ0n) is 17.0. The third-order valence-corrected chi connectivity index (χ3v) is 5.87. The third-order valence-electron chi connectivity index (χ3n) is 5.17. The number of aromatic nitrogens is 2. The molecule has 0 spiro atoms. The number of hydrogen-bond donors (Lipinski definition) is 1. The van der Waals surface area contributed by atoms with Crippen molar-refractivity contribution in [3.05, 3.63) is 54.1 Å². The fourth-order valence-corrected chi connectivity index (χ4v) is 4.19. The van der Waals surface area contributed by atoms with E-state index in [1.165, 1.54) is 10.1 Å². The van der Waals surface area contributed by atoms with Gasteiger partial charge in [-0.05, 0) is 48.0 Å². The molecule has 0 radical (unpaired) electrons. The maximum absolute atomic E-state index is 12.9. The molecule has 0 bridgehead atoms. The van der Waals surface area contributed by atoms with Crippen LogP contribution in [0.2, 0.25) is 0 Å². The molecule has 31 heavy (non-hydrogen) atoms. The predicted molar refractivity (Wildman–Crippen MR) is 118 cm³/mol. The fourth-order valence-electron chi connectivity index (χ4n) is 3.59. The monoisotopic (exact) mass is 446 g/mol. The summed E-state index contributed by atoms with van der Waals surface area (Å²) in [4.78, 5) is 19.2. The van der Waals surface area contributed by atoms with Gasteiger partial charge in [0.25, 0.3) is 5.76 Å². The van der Waals surface area contributed by atoms with Crippen LogP contribution in [0.3, 0.4) is 0 Å². The first-order valence-corrected chi connectivity index (χ1v) is 11.1. The summed E-state index contributed by atoms with van der Waals surface area (Å²) in [6.07, 6.45) is 0.934. The lowest BCUT2D eigenvalue weighted by molar-refractivity contribution is -0.116. The number of amides is 1. The molecule has 1 fully saturated rings. The van der Waals surface area contributed by atoms with Crippen LogP contribution in [-0.2, 0) is 22.5 Å². The number of para-hydroxylation sites is 2. The molecular formula is C22H24F2N4O2S. The summed E-state index contributed by atoms with van der Waals surface area (Å²) in [5, 5.41) is 2.98. The number of alkyl halides is 2. The van der Waals surface area contributed by atoms with Gasteiger partial charge in [-0.1, -0.05) is 24.3 Å². The number of fused-ring (bicyclic) bond motifs is 1. The predicted octanol–water partition coefficient (Wildman–Crippen LogP) is 3.86. The molecule has 0 saturated carbocycles. The van der Waals surface area contributed by atoms with E-state index < -0.39 is 5.76 Å². The summed E-state index contributed by atoms with van der Waals surface area (Å²) in [6.45, 7) is 4.39. The van der Waals surface area contributed by atoms with Gasteiger partial charge in [0.1, 0.15) is 6.54 Å². The van der Waals surface area contributed by atoms with E-state index in [1.807, 2.05) is 24.3 Å². The van der Waals surface area contributed by atoms with Crippen molar-refractivity contribution in [3.8, 4) is 0 Å². The molecule has 2 aromatic carbocycles. The molecule has 0 aliphatic carbocycles. The number of nitrogens with one attached hydrogen (secondary N) is 1. The van der Waals surface area contributed by atoms with Gasteiger partial charge in [-0.25, -0.2) is 4.98 Å². The van der Waals surface area contributed by atoms with E-state index in [0.29, 0.717) is 28.5 Å². The molecule has 164 valence electrons. The van der Waals surface area contributed by atoms with Crippen molar-refractivity contribution < 1.29 is 18.3 Å². The highest BCUT2D eigenvalue weighted by Gasteiger charge is 2.18. The van der Waals surface area contributed by atoms with Crippen molar-refractivity contribution in [1.29, 1.82) is 0 Å². The lowest BCUT2D eigenvalue weighted by Gasteiger charge is -2.26. The number of thioether (sulfide) groups is 1. The van der Waals surface area contributed by atoms with Crippen molar-refractivity contribution in [1.82, 2.24) is 14.5 Å². The van der Waals surface area contributed by atoms with Crippen LogP contribution in [0.15, 0.2) is 53.7 Å². The smallest absolute Gasteiger partial charge is 0.291 e. The number of rotatable bonds is 8. The Kier molecular flexibility index (Phi) is 7.16. The molecule has 1 saturated heterocycles. The van der Waals surface area contributed by atoms with Gasteiger partial charge in [0, 0.05) is 25.3 Å². The van der Waals surface area contributed by atoms with Crippen LogP contribution >= 0.6 is 11.8 Å². The zero-order chi connectivity index (χ0) is 21.6. The first kappa shape index (κ1) is 21.7. The molecule has 3 aromatic rings. The number of ether oxygens (including phenoxy) is 1. The largest absolute Gasteiger partial charge is 0.379 e. The SMILES string of the molecule is O=C(Cn1c(SC(F)F)nc2ccccc21)Nc1ccc(CCN2CCOCC2)cc1. The van der Waals surface area contributed by atoms with E-state index in [9.17, 15) is 13.6 Å². The maximum atomic E-state index is 12.9. The molecule has 6 nitrogen and oxygen atoms in total. The second-order valence-electron chi connectivity index (χ2n) is 7.30. The Bertz CT molecular complexity index is 1020. The summed E-state index contributed by atoms with van der Waals surface area (Å²) < 4.78 is 32.8. The minimum atomic E-state index is -2.61. The number of nitrogens with zero attached hydrogens (tertiary/aromatic N) is 3. The van der Waals surface area contributed by atoms with Crippen LogP contribution in [0.1, 0.15) is 5.56 Å². The van der Waals surface area contributed by atoms with Crippen molar-refractivity contribution in [2.75, 3.05) is 38.2 Å². The van der Waals surface area contributed by atoms with Crippen molar-refractivity contribution in [3.63, 3.8) is 0 Å². The average Bonchev–Trinajstić information content (AvgIpc) is 3.10. The Morgan fingerprint density at radius 2 is 1.87 bits per heavy atom. The van der Waals surface area contributed by atoms with Crippen LogP contribution < -0.4 is 5.32 Å². The van der Waals surface area contributed by atoms with E-state index >= 15 is 0 Å². The molecule has 9 heteroatoms. The zero-order valence-corrected chi connectivity index (χ0v) is 17.8. The van der Waals surface area contributed by atoms with Gasteiger partial charge in [0.2, 0.25) is 5.91 Å². The molecule has 1 aromatic heterocycles. The van der Waals surface area contributed by atoms with Crippen LogP contribution in [0.25, 0.3) is 11.0 Å². The number of halogens is 2. The Morgan fingerprint density at radius 1 is 1.13 bits per heavy atom. The first-order valence-electron chi connectivity index (χ1n) is 10.2. The average molecular weight is 447 g/mol. The molecule has 1 aliphatic rings. The Balaban J connectivity index is 1.37. The van der Waals surface area contributed by atoms with Crippen LogP contribution in [0, 0.1) is 0 Å². The molecule has 2 heterocycles. The molecule has 1 N–H and O–H groups in total. The van der Waals surface area contributed by atoms with Gasteiger partial charge in [-0.2, -0.15) is 8.78 Å². The number of hydrogen-bond acceptors (Lipinski definition) is 5. The second kappa shape index (κ2) is 10.2. The van der Waals surface area contributed by atoms with Crippen LogP contribution in [0.5, 0.6) is 0 Å². The van der Waals surface area contributed by atoms with Gasteiger partial charge < -0.3 is 14.6 Å². The van der Waals surface area contributed by atoms with E-state index in [2.05, 4.69) is 15.2 Å². The van der Waals surface area contributed by atoms with Crippen LogP contribution in [0.4, 0.5) is 14.5 Å². The first-order chi connectivity index (χ1) is 15.1. The van der Waals surface area contributed by atoms with Gasteiger partial charge in [-0.15, -0.1) is 0 Å². The summed E-state index contributed by atoms with van der Waals surface area (Å²) in [7, 11) is 0. The number of carbonyl (C=O) groups is 1. The second-order valence-corrected chi connectivity index (χ2v) is 8.25. The molecule has 0 unspecified atom stereocenters. The van der Waals surface area contributed by atoms with E-state index in [0.717, 1.165) is 39.3 Å². The number of imidazole rings is 1. The Morgan fingerprint density at radius 3 is 2.61 bits per heavy atom. The quantitative estimate of drug-likeness (QED) is 0.533. The van der Waals surface area contributed by atoms with E-state index in [4.69, 9.17) is 4.74 Å². The fraction of sp³-hybridized carbons (Fsp3) is 0.364. The molecule has 4 rings (SSSR count). The number of anilines is 1. The van der Waals surface area contributed by atoms with Gasteiger partial charge in [0.05, 0.1) is 24.2 Å². The molecule has 0 atom stereocenters. The Hall–Kier alpha value is -2.49. The Labute approximate surface area is 183 Å². The maximum Gasteiger partial charge on any atom is 0.291 e. The standard InChI is InChI=1S/C22H24F2N4O2S/c23-21(24)31-22-26-18-3-1-2-4-19(18)28(22)15-20(29)25-17-7-5-16(6-8-17)9-10-27-11-13-30-14-12-27/h1-8,21H,9-15H2,(H,25,29). The molecule has 1 aliphatic heterocycles. The minimum Gasteiger partial charge on any atom is -0.379 e. The summed E-state index contributed by atoms with van der Waals surface area (Å²) in [6, 6.07) is 14.8. The normalized spacial score (nSPS) is 14.9. The third kappa shape index (κ3) is 5.81. The summed E-state index contributed by atoms with van der Waals surface area (Å²) >= 11 is 0.345. The highest BCUT2D eigenvalue weighted by Crippen LogP contribution is 2.28. The molecule has 1 amide bonds. The van der Waals surface area contributed by atoms with Gasteiger partial charge in [-0.3, -0.25) is 9.69 Å². The summed E-state index contributed by atoms with van der Waals surface area (Å²) in [5.74, 6) is -2.90. The highest BCUT2D eigenvalue weighted by molar-refractivity contribution is 7.99. The van der Waals surface area contributed by atoms with Crippen LogP contribution in [-0.4, -0.2) is 59.0 Å². The summed E-state index contributed by atoms with van der Waals surface area (Å²) in [5.41, 5.74) is 3.11. The van der Waals surface area contributed by atoms with Crippen molar-refractivity contribution >= 4 is 34.4 Å². The van der Waals surface area contributed by atoms with Gasteiger partial charge in [0.15, 0.2) is 5.16 Å².